The molecule has 0 aromatic heterocycles. The smallest absolute Gasteiger partial charge is 0.258 e. The molecule has 2 aromatic rings. The fraction of sp³-hybridized carbons (Fsp3) is 0.409. The van der Waals surface area contributed by atoms with Crippen molar-refractivity contribution in [2.45, 2.75) is 46.1 Å². The maximum absolute atomic E-state index is 12.2. The average Bonchev–Trinajstić information content (AvgIpc) is 2.59. The number of carbonyl (C=O) groups is 1. The van der Waals surface area contributed by atoms with Gasteiger partial charge in [-0.1, -0.05) is 57.2 Å². The maximum atomic E-state index is 12.2. The Morgan fingerprint density at radius 3 is 2.27 bits per heavy atom. The first-order valence-corrected chi connectivity index (χ1v) is 8.97. The normalized spacial score (nSPS) is 12.3. The van der Waals surface area contributed by atoms with E-state index in [1.165, 1.54) is 0 Å². The third-order valence-electron chi connectivity index (χ3n) is 4.04. The lowest BCUT2D eigenvalue weighted by Crippen LogP contribution is -2.39. The van der Waals surface area contributed by atoms with Crippen LogP contribution in [0.15, 0.2) is 48.5 Å². The highest BCUT2D eigenvalue weighted by atomic mass is 16.5. The van der Waals surface area contributed by atoms with Crippen molar-refractivity contribution in [2.75, 3.05) is 13.2 Å². The van der Waals surface area contributed by atoms with E-state index in [1.54, 1.807) is 0 Å². The number of aryl methyl sites for hydroxylation is 1. The Balaban J connectivity index is 1.83. The first-order valence-electron chi connectivity index (χ1n) is 8.97. The molecule has 0 radical (unpaired) electrons. The standard InChI is InChI=1S/C22H29NO3/c1-16-10-6-8-12-19(16)25-14-17(2)23-21(24)15-26-20-13-9-7-11-18(20)22(3,4)5/h6-13,17H,14-15H2,1-5H3,(H,23,24)/t17-/m0/s1. The molecule has 4 heteroatoms. The van der Waals surface area contributed by atoms with Crippen LogP contribution in [0.5, 0.6) is 11.5 Å². The molecular weight excluding hydrogens is 326 g/mol. The second-order valence-corrected chi connectivity index (χ2v) is 7.58. The molecule has 0 saturated heterocycles. The van der Waals surface area contributed by atoms with E-state index in [2.05, 4.69) is 26.1 Å². The molecule has 4 nitrogen and oxygen atoms in total. The van der Waals surface area contributed by atoms with Crippen molar-refractivity contribution in [3.8, 4) is 11.5 Å². The molecule has 1 atom stereocenters. The molecule has 0 spiro atoms. The fourth-order valence-electron chi connectivity index (χ4n) is 2.65. The van der Waals surface area contributed by atoms with Crippen LogP contribution in [0.25, 0.3) is 0 Å². The zero-order valence-corrected chi connectivity index (χ0v) is 16.3. The van der Waals surface area contributed by atoms with Crippen LogP contribution in [-0.4, -0.2) is 25.2 Å². The summed E-state index contributed by atoms with van der Waals surface area (Å²) in [5.41, 5.74) is 2.12. The van der Waals surface area contributed by atoms with Gasteiger partial charge in [0.2, 0.25) is 0 Å². The van der Waals surface area contributed by atoms with Gasteiger partial charge in [-0.25, -0.2) is 0 Å². The zero-order valence-electron chi connectivity index (χ0n) is 16.3. The summed E-state index contributed by atoms with van der Waals surface area (Å²) in [7, 11) is 0. The van der Waals surface area contributed by atoms with Crippen LogP contribution in [0, 0.1) is 6.92 Å². The number of benzene rings is 2. The summed E-state index contributed by atoms with van der Waals surface area (Å²) in [6, 6.07) is 15.6. The summed E-state index contributed by atoms with van der Waals surface area (Å²) in [5, 5.41) is 2.91. The van der Waals surface area contributed by atoms with Crippen LogP contribution in [-0.2, 0) is 10.2 Å². The molecule has 0 aliphatic rings. The van der Waals surface area contributed by atoms with Gasteiger partial charge < -0.3 is 14.8 Å². The number of hydrogen-bond donors (Lipinski definition) is 1. The highest BCUT2D eigenvalue weighted by molar-refractivity contribution is 5.77. The molecule has 0 aliphatic heterocycles. The van der Waals surface area contributed by atoms with E-state index in [-0.39, 0.29) is 24.0 Å². The van der Waals surface area contributed by atoms with Gasteiger partial charge in [0.1, 0.15) is 18.1 Å². The van der Waals surface area contributed by atoms with E-state index in [0.717, 1.165) is 22.6 Å². The third kappa shape index (κ3) is 5.80. The largest absolute Gasteiger partial charge is 0.491 e. The van der Waals surface area contributed by atoms with E-state index in [0.29, 0.717) is 6.61 Å². The molecule has 0 saturated carbocycles. The number of nitrogens with one attached hydrogen (secondary N) is 1. The van der Waals surface area contributed by atoms with Gasteiger partial charge in [-0.05, 0) is 42.5 Å². The minimum Gasteiger partial charge on any atom is -0.491 e. The Bertz CT molecular complexity index is 734. The number of hydrogen-bond acceptors (Lipinski definition) is 3. The minimum atomic E-state index is -0.158. The van der Waals surface area contributed by atoms with Gasteiger partial charge >= 0.3 is 0 Å². The second kappa shape index (κ2) is 8.75. The van der Waals surface area contributed by atoms with Crippen molar-refractivity contribution >= 4 is 5.91 Å². The Hall–Kier alpha value is -2.49. The molecular formula is C22H29NO3. The lowest BCUT2D eigenvalue weighted by atomic mass is 9.86. The van der Waals surface area contributed by atoms with Crippen molar-refractivity contribution < 1.29 is 14.3 Å². The summed E-state index contributed by atoms with van der Waals surface area (Å²) >= 11 is 0. The Morgan fingerprint density at radius 1 is 1.00 bits per heavy atom. The number of carbonyl (C=O) groups excluding carboxylic acids is 1. The highest BCUT2D eigenvalue weighted by Crippen LogP contribution is 2.30. The van der Waals surface area contributed by atoms with E-state index < -0.39 is 0 Å². The topological polar surface area (TPSA) is 47.6 Å². The minimum absolute atomic E-state index is 0.0121. The summed E-state index contributed by atoms with van der Waals surface area (Å²) in [5.74, 6) is 1.43. The van der Waals surface area contributed by atoms with Crippen LogP contribution in [0.1, 0.15) is 38.8 Å². The molecule has 0 fully saturated rings. The summed E-state index contributed by atoms with van der Waals surface area (Å²) in [6.45, 7) is 10.7. The fourth-order valence-corrected chi connectivity index (χ4v) is 2.65. The molecule has 2 aromatic carbocycles. The van der Waals surface area contributed by atoms with Crippen LogP contribution < -0.4 is 14.8 Å². The Labute approximate surface area is 156 Å². The van der Waals surface area contributed by atoms with Crippen molar-refractivity contribution in [1.29, 1.82) is 0 Å². The van der Waals surface area contributed by atoms with Crippen LogP contribution in [0.4, 0.5) is 0 Å². The number of para-hydroxylation sites is 2. The molecule has 1 amide bonds. The molecule has 140 valence electrons. The van der Waals surface area contributed by atoms with E-state index in [4.69, 9.17) is 9.47 Å². The van der Waals surface area contributed by atoms with Crippen molar-refractivity contribution in [2.24, 2.45) is 0 Å². The monoisotopic (exact) mass is 355 g/mol. The van der Waals surface area contributed by atoms with E-state index >= 15 is 0 Å². The average molecular weight is 355 g/mol. The summed E-state index contributed by atoms with van der Waals surface area (Å²) in [4.78, 5) is 12.2. The zero-order chi connectivity index (χ0) is 19.2. The van der Waals surface area contributed by atoms with Gasteiger partial charge in [0.15, 0.2) is 6.61 Å². The molecule has 0 aliphatic carbocycles. The maximum Gasteiger partial charge on any atom is 0.258 e. The van der Waals surface area contributed by atoms with Gasteiger partial charge in [0.05, 0.1) is 6.04 Å². The van der Waals surface area contributed by atoms with Crippen LogP contribution in [0.3, 0.4) is 0 Å². The lowest BCUT2D eigenvalue weighted by molar-refractivity contribution is -0.123. The van der Waals surface area contributed by atoms with Gasteiger partial charge in [-0.15, -0.1) is 0 Å². The molecule has 0 heterocycles. The highest BCUT2D eigenvalue weighted by Gasteiger charge is 2.19. The molecule has 26 heavy (non-hydrogen) atoms. The molecule has 0 unspecified atom stereocenters. The second-order valence-electron chi connectivity index (χ2n) is 7.58. The molecule has 1 N–H and O–H groups in total. The number of amides is 1. The van der Waals surface area contributed by atoms with E-state index in [9.17, 15) is 4.79 Å². The molecule has 2 rings (SSSR count). The van der Waals surface area contributed by atoms with Gasteiger partial charge in [0.25, 0.3) is 5.91 Å². The van der Waals surface area contributed by atoms with Crippen molar-refractivity contribution in [3.05, 3.63) is 59.7 Å². The summed E-state index contributed by atoms with van der Waals surface area (Å²) < 4.78 is 11.5. The van der Waals surface area contributed by atoms with Gasteiger partial charge in [-0.2, -0.15) is 0 Å². The van der Waals surface area contributed by atoms with Crippen molar-refractivity contribution in [3.63, 3.8) is 0 Å². The number of ether oxygens (including phenoxy) is 2. The predicted molar refractivity (Wildman–Crippen MR) is 105 cm³/mol. The first-order chi connectivity index (χ1) is 12.3. The van der Waals surface area contributed by atoms with Gasteiger partial charge in [0, 0.05) is 0 Å². The van der Waals surface area contributed by atoms with E-state index in [1.807, 2.05) is 62.4 Å². The predicted octanol–water partition coefficient (Wildman–Crippen LogP) is 4.26. The lowest BCUT2D eigenvalue weighted by Gasteiger charge is -2.23. The SMILES string of the molecule is Cc1ccccc1OC[C@H](C)NC(=O)COc1ccccc1C(C)(C)C. The van der Waals surface area contributed by atoms with Crippen LogP contribution >= 0.6 is 0 Å². The number of rotatable bonds is 7. The quantitative estimate of drug-likeness (QED) is 0.807. The Morgan fingerprint density at radius 2 is 1.62 bits per heavy atom. The Kier molecular flexibility index (Phi) is 6.67. The third-order valence-corrected chi connectivity index (χ3v) is 4.04. The van der Waals surface area contributed by atoms with Gasteiger partial charge in [-0.3, -0.25) is 4.79 Å². The first kappa shape index (κ1) is 19.8. The van der Waals surface area contributed by atoms with Crippen LogP contribution in [0.2, 0.25) is 0 Å². The molecule has 0 bridgehead atoms. The van der Waals surface area contributed by atoms with Crippen molar-refractivity contribution in [1.82, 2.24) is 5.32 Å². The summed E-state index contributed by atoms with van der Waals surface area (Å²) in [6.07, 6.45) is 0.